The zero-order chi connectivity index (χ0) is 41.6. The van der Waals surface area contributed by atoms with E-state index in [9.17, 15) is 28.0 Å². The molecule has 0 saturated heterocycles. The number of halogens is 2. The Morgan fingerprint density at radius 1 is 0.754 bits per heavy atom. The number of carbonyl (C=O) groups excluding carboxylic acids is 1. The minimum atomic E-state index is -2.27. The summed E-state index contributed by atoms with van der Waals surface area (Å²) in [5, 5.41) is 33.5. The highest BCUT2D eigenvalue weighted by Crippen LogP contribution is 2.28. The van der Waals surface area contributed by atoms with Gasteiger partial charge < -0.3 is 34.8 Å². The van der Waals surface area contributed by atoms with Crippen LogP contribution in [0.4, 0.5) is 8.78 Å². The molecule has 302 valence electrons. The number of likely N-dealkylation sites (N-methyl/N-ethyl adjacent to an activating group) is 1. The van der Waals surface area contributed by atoms with Crippen LogP contribution in [0.1, 0.15) is 37.5 Å². The monoisotopic (exact) mass is 803 g/mol. The van der Waals surface area contributed by atoms with E-state index in [1.54, 1.807) is 12.1 Å². The minimum Gasteiger partial charge on any atom is -0.479 e. The topological polar surface area (TPSA) is 161 Å². The van der Waals surface area contributed by atoms with Crippen molar-refractivity contribution in [3.63, 3.8) is 0 Å². The predicted molar refractivity (Wildman–Crippen MR) is 216 cm³/mol. The number of aliphatic hydroxyl groups excluding tert-OH is 2. The summed E-state index contributed by atoms with van der Waals surface area (Å²) < 4.78 is 30.2. The first-order valence-corrected chi connectivity index (χ1v) is 19.4. The molecule has 0 radical (unpaired) electrons. The lowest BCUT2D eigenvalue weighted by atomic mass is 10.0. The summed E-state index contributed by atoms with van der Waals surface area (Å²) in [7, 11) is 0. The van der Waals surface area contributed by atoms with Gasteiger partial charge in [0.1, 0.15) is 6.54 Å². The third kappa shape index (κ3) is 12.0. The number of para-hydroxylation sites is 1. The summed E-state index contributed by atoms with van der Waals surface area (Å²) in [5.74, 6) is -5.35. The van der Waals surface area contributed by atoms with Crippen molar-refractivity contribution < 1.29 is 43.6 Å². The maximum Gasteiger partial charge on any atom is 0.335 e. The molecule has 0 aliphatic rings. The molecular weight excluding hydrogens is 757 g/mol. The third-order valence-electron chi connectivity index (χ3n) is 9.44. The van der Waals surface area contributed by atoms with E-state index in [-0.39, 0.29) is 29.2 Å². The number of fused-ring (bicyclic) bond motifs is 1. The largest absolute Gasteiger partial charge is 0.479 e. The van der Waals surface area contributed by atoms with E-state index in [2.05, 4.69) is 74.2 Å². The highest BCUT2D eigenvalue weighted by molar-refractivity contribution is 7.98. The number of aryl methyl sites for hydroxylation is 1. The van der Waals surface area contributed by atoms with Crippen molar-refractivity contribution in [3.8, 4) is 11.1 Å². The molecule has 57 heavy (non-hydrogen) atoms. The standard InChI is InChI=1S/C39H41F2N3O2S.C4H6O6/c1-4-28-14-18-30(19-15-28)31-20-16-29(17-21-31)25-43(23-22-42(5-2)6-3)37(46)26-44-35-13-8-7-11-33(35)36(45)24-38(44)47-27-32-10-9-12-34(40)39(32)41;5-1(3(7)8)2(6)4(9)10/h7-21,24H,4-6,22-23,25-27H2,1-3H3;1-2,5-6H,(H,7,8)(H,9,10). The van der Waals surface area contributed by atoms with Crippen LogP contribution in [0, 0.1) is 11.6 Å². The second kappa shape index (κ2) is 21.2. The molecule has 1 aromatic heterocycles. The van der Waals surface area contributed by atoms with E-state index >= 15 is 0 Å². The van der Waals surface area contributed by atoms with Gasteiger partial charge in [-0.2, -0.15) is 0 Å². The molecule has 1 heterocycles. The second-order valence-corrected chi connectivity index (χ2v) is 14.1. The van der Waals surface area contributed by atoms with Gasteiger partial charge in [0.25, 0.3) is 0 Å². The molecule has 5 aromatic rings. The van der Waals surface area contributed by atoms with Gasteiger partial charge in [0.05, 0.1) is 10.5 Å². The Hall–Kier alpha value is -5.41. The smallest absolute Gasteiger partial charge is 0.335 e. The van der Waals surface area contributed by atoms with Gasteiger partial charge in [0.15, 0.2) is 29.3 Å². The van der Waals surface area contributed by atoms with Gasteiger partial charge in [-0.05, 0) is 60.0 Å². The maximum absolute atomic E-state index is 14.5. The van der Waals surface area contributed by atoms with Crippen LogP contribution < -0.4 is 5.43 Å². The van der Waals surface area contributed by atoms with Crippen molar-refractivity contribution in [2.45, 2.75) is 63.3 Å². The molecule has 14 heteroatoms. The molecule has 0 aliphatic heterocycles. The number of carbonyl (C=O) groups is 3. The lowest BCUT2D eigenvalue weighted by Gasteiger charge is -2.28. The lowest BCUT2D eigenvalue weighted by Crippen LogP contribution is -2.40. The van der Waals surface area contributed by atoms with E-state index in [0.717, 1.165) is 48.8 Å². The number of carboxylic acids is 2. The SMILES string of the molecule is CCc1ccc(-c2ccc(CN(CCN(CC)CC)C(=O)Cn3c(SCc4cccc(F)c4F)cc(=O)c4ccccc43)cc2)cc1.O=C(O)C(O)C(O)C(=O)O. The van der Waals surface area contributed by atoms with Gasteiger partial charge in [0, 0.05) is 42.4 Å². The number of nitrogens with zero attached hydrogens (tertiary/aromatic N) is 3. The summed E-state index contributed by atoms with van der Waals surface area (Å²) in [6.07, 6.45) is -3.53. The Morgan fingerprint density at radius 3 is 1.89 bits per heavy atom. The summed E-state index contributed by atoms with van der Waals surface area (Å²) in [5.41, 5.74) is 5.22. The summed E-state index contributed by atoms with van der Waals surface area (Å²) >= 11 is 1.21. The van der Waals surface area contributed by atoms with Crippen molar-refractivity contribution in [2.24, 2.45) is 0 Å². The number of carboxylic acid groups (broad SMARTS) is 2. The number of amides is 1. The highest BCUT2D eigenvalue weighted by Gasteiger charge is 2.29. The number of rotatable bonds is 17. The van der Waals surface area contributed by atoms with E-state index in [1.165, 1.54) is 35.5 Å². The molecule has 11 nitrogen and oxygen atoms in total. The van der Waals surface area contributed by atoms with Crippen LogP contribution in [-0.4, -0.2) is 91.0 Å². The number of aliphatic hydroxyl groups is 2. The molecular formula is C43H47F2N3O8S. The minimum absolute atomic E-state index is 0.00509. The number of hydrogen-bond acceptors (Lipinski definition) is 8. The zero-order valence-corrected chi connectivity index (χ0v) is 32.8. The fourth-order valence-corrected chi connectivity index (χ4v) is 6.99. The Morgan fingerprint density at radius 2 is 1.33 bits per heavy atom. The molecule has 0 aliphatic carbocycles. The van der Waals surface area contributed by atoms with E-state index in [1.807, 2.05) is 21.6 Å². The molecule has 5 rings (SSSR count). The number of aromatic nitrogens is 1. The normalized spacial score (nSPS) is 12.1. The highest BCUT2D eigenvalue weighted by atomic mass is 32.2. The molecule has 2 unspecified atom stereocenters. The average Bonchev–Trinajstić information content (AvgIpc) is 3.22. The Bertz CT molecular complexity index is 2180. The molecule has 4 aromatic carbocycles. The first kappa shape index (κ1) is 44.3. The van der Waals surface area contributed by atoms with E-state index in [0.29, 0.717) is 29.0 Å². The fourth-order valence-electron chi connectivity index (χ4n) is 5.95. The van der Waals surface area contributed by atoms with Gasteiger partial charge in [-0.3, -0.25) is 9.59 Å². The number of pyridine rings is 1. The first-order chi connectivity index (χ1) is 27.3. The first-order valence-electron chi connectivity index (χ1n) is 18.5. The van der Waals surface area contributed by atoms with Crippen molar-refractivity contribution >= 4 is 40.5 Å². The Kier molecular flexibility index (Phi) is 16.5. The van der Waals surface area contributed by atoms with Gasteiger partial charge >= 0.3 is 11.9 Å². The van der Waals surface area contributed by atoms with Crippen LogP contribution in [0.5, 0.6) is 0 Å². The summed E-state index contributed by atoms with van der Waals surface area (Å²) in [6, 6.07) is 29.7. The Labute approximate surface area is 333 Å². The van der Waals surface area contributed by atoms with Gasteiger partial charge in [0.2, 0.25) is 5.91 Å². The van der Waals surface area contributed by atoms with Crippen LogP contribution in [0.3, 0.4) is 0 Å². The van der Waals surface area contributed by atoms with Gasteiger partial charge in [-0.25, -0.2) is 18.4 Å². The summed E-state index contributed by atoms with van der Waals surface area (Å²) in [6.45, 7) is 9.82. The van der Waals surface area contributed by atoms with E-state index in [4.69, 9.17) is 20.4 Å². The van der Waals surface area contributed by atoms with Crippen LogP contribution >= 0.6 is 11.8 Å². The molecule has 0 bridgehead atoms. The molecule has 1 amide bonds. The van der Waals surface area contributed by atoms with Gasteiger partial charge in [-0.15, -0.1) is 11.8 Å². The maximum atomic E-state index is 14.5. The number of aliphatic carboxylic acids is 2. The number of benzene rings is 4. The number of thioether (sulfide) groups is 1. The van der Waals surface area contributed by atoms with Crippen molar-refractivity contribution in [1.29, 1.82) is 0 Å². The number of hydrogen-bond donors (Lipinski definition) is 4. The van der Waals surface area contributed by atoms with Crippen LogP contribution in [0.25, 0.3) is 22.0 Å². The quantitative estimate of drug-likeness (QED) is 0.0816. The molecule has 0 spiro atoms. The van der Waals surface area contributed by atoms with Crippen molar-refractivity contribution in [2.75, 3.05) is 26.2 Å². The molecule has 0 saturated carbocycles. The van der Waals surface area contributed by atoms with Crippen LogP contribution in [0.2, 0.25) is 0 Å². The summed E-state index contributed by atoms with van der Waals surface area (Å²) in [4.78, 5) is 51.0. The molecule has 0 fully saturated rings. The predicted octanol–water partition coefficient (Wildman–Crippen LogP) is 6.05. The van der Waals surface area contributed by atoms with Crippen LogP contribution in [-0.2, 0) is 39.6 Å². The van der Waals surface area contributed by atoms with Gasteiger partial charge in [-0.1, -0.05) is 93.6 Å². The van der Waals surface area contributed by atoms with Crippen LogP contribution in [0.15, 0.2) is 107 Å². The average molecular weight is 804 g/mol. The lowest BCUT2D eigenvalue weighted by molar-refractivity contribution is -0.165. The van der Waals surface area contributed by atoms with Crippen molar-refractivity contribution in [1.82, 2.24) is 14.4 Å². The van der Waals surface area contributed by atoms with Crippen molar-refractivity contribution in [3.05, 3.63) is 136 Å². The fraction of sp³-hybridized carbons (Fsp3) is 0.302. The zero-order valence-electron chi connectivity index (χ0n) is 32.0. The Balaban J connectivity index is 0.000000635. The van der Waals surface area contributed by atoms with E-state index < -0.39 is 35.8 Å². The second-order valence-electron chi connectivity index (χ2n) is 13.1. The molecule has 4 N–H and O–H groups in total. The molecule has 2 atom stereocenters. The third-order valence-corrected chi connectivity index (χ3v) is 10.5.